The molecule has 2 heterocycles. The Labute approximate surface area is 159 Å². The molecule has 1 unspecified atom stereocenters. The number of aromatic nitrogens is 2. The molecule has 134 valence electrons. The fourth-order valence-electron chi connectivity index (χ4n) is 3.66. The van der Waals surface area contributed by atoms with Gasteiger partial charge in [-0.1, -0.05) is 17.7 Å². The first-order valence-electron chi connectivity index (χ1n) is 9.16. The molecule has 1 aliphatic heterocycles. The molecule has 0 bridgehead atoms. The second-order valence-corrected chi connectivity index (χ2v) is 7.55. The number of likely N-dealkylation sites (N-methyl/N-ethyl adjacent to an activating group) is 1. The molecule has 0 N–H and O–H groups in total. The lowest BCUT2D eigenvalue weighted by Gasteiger charge is -2.39. The van der Waals surface area contributed by atoms with E-state index in [2.05, 4.69) is 27.9 Å². The number of hydrogen-bond donors (Lipinski definition) is 0. The molecule has 5 nitrogen and oxygen atoms in total. The molecule has 1 atom stereocenters. The Bertz CT molecular complexity index is 842. The van der Waals surface area contributed by atoms with Gasteiger partial charge in [-0.3, -0.25) is 0 Å². The first-order chi connectivity index (χ1) is 12.7. The third kappa shape index (κ3) is 3.34. The first-order valence-corrected chi connectivity index (χ1v) is 9.54. The molecule has 1 saturated carbocycles. The second-order valence-electron chi connectivity index (χ2n) is 7.15. The van der Waals surface area contributed by atoms with Crippen LogP contribution in [-0.4, -0.2) is 36.1 Å². The van der Waals surface area contributed by atoms with Gasteiger partial charge in [-0.15, -0.1) is 0 Å². The molecule has 1 aliphatic carbocycles. The van der Waals surface area contributed by atoms with Gasteiger partial charge in [0, 0.05) is 38.3 Å². The molecule has 1 aromatic heterocycles. The molecular formula is C20H22ClN5. The summed E-state index contributed by atoms with van der Waals surface area (Å²) in [5, 5.41) is 10.0. The van der Waals surface area contributed by atoms with Gasteiger partial charge in [0.25, 0.3) is 0 Å². The van der Waals surface area contributed by atoms with Crippen molar-refractivity contribution in [2.45, 2.75) is 37.6 Å². The minimum absolute atomic E-state index is 0.344. The molecule has 1 saturated heterocycles. The molecular weight excluding hydrogens is 346 g/mol. The third-order valence-corrected chi connectivity index (χ3v) is 5.67. The predicted octanol–water partition coefficient (Wildman–Crippen LogP) is 3.98. The molecule has 2 fully saturated rings. The quantitative estimate of drug-likeness (QED) is 0.817. The van der Waals surface area contributed by atoms with Crippen molar-refractivity contribution in [3.05, 3.63) is 46.9 Å². The fourth-order valence-corrected chi connectivity index (χ4v) is 3.87. The highest BCUT2D eigenvalue weighted by molar-refractivity contribution is 6.32. The van der Waals surface area contributed by atoms with Gasteiger partial charge in [0.15, 0.2) is 0 Å². The molecule has 1 aromatic carbocycles. The van der Waals surface area contributed by atoms with Crippen LogP contribution in [-0.2, 0) is 0 Å². The Hall–Kier alpha value is -2.32. The topological polar surface area (TPSA) is 56.1 Å². The average Bonchev–Trinajstić information content (AvgIpc) is 3.53. The lowest BCUT2D eigenvalue weighted by Crippen LogP contribution is -2.47. The zero-order valence-corrected chi connectivity index (χ0v) is 15.7. The summed E-state index contributed by atoms with van der Waals surface area (Å²) in [5.74, 6) is 2.51. The van der Waals surface area contributed by atoms with Crippen LogP contribution in [0.4, 0.5) is 11.5 Å². The van der Waals surface area contributed by atoms with Crippen LogP contribution in [0.5, 0.6) is 0 Å². The summed E-state index contributed by atoms with van der Waals surface area (Å²) in [6.45, 7) is 1.80. The normalized spacial score (nSPS) is 19.9. The monoisotopic (exact) mass is 367 g/mol. The molecule has 4 rings (SSSR count). The minimum Gasteiger partial charge on any atom is -0.368 e. The van der Waals surface area contributed by atoms with Crippen molar-refractivity contribution >= 4 is 23.1 Å². The Morgan fingerprint density at radius 3 is 2.88 bits per heavy atom. The van der Waals surface area contributed by atoms with Crippen LogP contribution in [0.3, 0.4) is 0 Å². The van der Waals surface area contributed by atoms with Crippen LogP contribution >= 0.6 is 11.6 Å². The predicted molar refractivity (Wildman–Crippen MR) is 104 cm³/mol. The molecule has 26 heavy (non-hydrogen) atoms. The van der Waals surface area contributed by atoms with Crippen molar-refractivity contribution in [2.24, 2.45) is 0 Å². The van der Waals surface area contributed by atoms with Crippen molar-refractivity contribution in [1.82, 2.24) is 9.97 Å². The Morgan fingerprint density at radius 2 is 2.12 bits per heavy atom. The number of benzene rings is 1. The summed E-state index contributed by atoms with van der Waals surface area (Å²) in [7, 11) is 2.11. The van der Waals surface area contributed by atoms with Crippen LogP contribution in [0.25, 0.3) is 0 Å². The van der Waals surface area contributed by atoms with Gasteiger partial charge < -0.3 is 9.80 Å². The largest absolute Gasteiger partial charge is 0.368 e. The van der Waals surface area contributed by atoms with Gasteiger partial charge in [-0.25, -0.2) is 9.97 Å². The maximum Gasteiger partial charge on any atom is 0.133 e. The number of halogens is 1. The molecule has 2 aliphatic rings. The van der Waals surface area contributed by atoms with Gasteiger partial charge in [0.1, 0.15) is 17.7 Å². The van der Waals surface area contributed by atoms with E-state index in [1.807, 2.05) is 24.4 Å². The van der Waals surface area contributed by atoms with E-state index in [0.717, 1.165) is 43.3 Å². The van der Waals surface area contributed by atoms with Gasteiger partial charge in [-0.05, 0) is 43.9 Å². The summed E-state index contributed by atoms with van der Waals surface area (Å²) in [4.78, 5) is 13.7. The van der Waals surface area contributed by atoms with E-state index in [-0.39, 0.29) is 0 Å². The molecule has 0 amide bonds. The van der Waals surface area contributed by atoms with Gasteiger partial charge in [-0.2, -0.15) is 5.26 Å². The van der Waals surface area contributed by atoms with E-state index in [0.29, 0.717) is 22.5 Å². The lowest BCUT2D eigenvalue weighted by molar-refractivity contribution is 0.485. The highest BCUT2D eigenvalue weighted by Gasteiger charge is 2.29. The van der Waals surface area contributed by atoms with Crippen LogP contribution < -0.4 is 9.80 Å². The molecule has 0 spiro atoms. The Balaban J connectivity index is 1.54. The van der Waals surface area contributed by atoms with E-state index < -0.39 is 0 Å². The van der Waals surface area contributed by atoms with Crippen LogP contribution in [0.15, 0.2) is 30.5 Å². The summed E-state index contributed by atoms with van der Waals surface area (Å²) in [6, 6.07) is 10.3. The first kappa shape index (κ1) is 17.1. The zero-order chi connectivity index (χ0) is 18.1. The van der Waals surface area contributed by atoms with Crippen molar-refractivity contribution in [2.75, 3.05) is 29.9 Å². The van der Waals surface area contributed by atoms with Crippen molar-refractivity contribution in [3.8, 4) is 6.07 Å². The summed E-state index contributed by atoms with van der Waals surface area (Å²) in [6.07, 6.45) is 6.47. The standard InChI is InChI=1S/C20H22ClN5/c1-25(19-9-10-23-20(24-19)14-7-8-14)15-4-3-11-26(13-15)18-6-2-5-17(21)16(18)12-22/h2,5-6,9-10,14-15H,3-4,7-8,11,13H2,1H3. The van der Waals surface area contributed by atoms with Gasteiger partial charge in [0.05, 0.1) is 16.3 Å². The number of hydrogen-bond acceptors (Lipinski definition) is 5. The van der Waals surface area contributed by atoms with Gasteiger partial charge in [0.2, 0.25) is 0 Å². The molecule has 2 aromatic rings. The van der Waals surface area contributed by atoms with E-state index >= 15 is 0 Å². The van der Waals surface area contributed by atoms with E-state index in [1.165, 1.54) is 12.8 Å². The molecule has 6 heteroatoms. The van der Waals surface area contributed by atoms with Crippen LogP contribution in [0, 0.1) is 11.3 Å². The van der Waals surface area contributed by atoms with Crippen molar-refractivity contribution < 1.29 is 0 Å². The summed E-state index contributed by atoms with van der Waals surface area (Å²) < 4.78 is 0. The number of piperidine rings is 1. The average molecular weight is 368 g/mol. The number of nitriles is 1. The highest BCUT2D eigenvalue weighted by atomic mass is 35.5. The Kier molecular flexibility index (Phi) is 4.69. The molecule has 0 radical (unpaired) electrons. The Morgan fingerprint density at radius 1 is 1.27 bits per heavy atom. The number of anilines is 2. The summed E-state index contributed by atoms with van der Waals surface area (Å²) in [5.41, 5.74) is 1.50. The highest BCUT2D eigenvalue weighted by Crippen LogP contribution is 2.38. The van der Waals surface area contributed by atoms with Crippen molar-refractivity contribution in [1.29, 1.82) is 5.26 Å². The number of rotatable bonds is 4. The smallest absolute Gasteiger partial charge is 0.133 e. The van der Waals surface area contributed by atoms with E-state index in [1.54, 1.807) is 6.07 Å². The van der Waals surface area contributed by atoms with E-state index in [9.17, 15) is 5.26 Å². The third-order valence-electron chi connectivity index (χ3n) is 5.35. The van der Waals surface area contributed by atoms with Crippen LogP contribution in [0.2, 0.25) is 5.02 Å². The lowest BCUT2D eigenvalue weighted by atomic mass is 10.0. The number of nitrogens with zero attached hydrogens (tertiary/aromatic N) is 5. The zero-order valence-electron chi connectivity index (χ0n) is 14.9. The van der Waals surface area contributed by atoms with E-state index in [4.69, 9.17) is 16.6 Å². The van der Waals surface area contributed by atoms with Crippen molar-refractivity contribution in [3.63, 3.8) is 0 Å². The fraction of sp³-hybridized carbons (Fsp3) is 0.450. The SMILES string of the molecule is CN(c1ccnc(C2CC2)n1)C1CCCN(c2cccc(Cl)c2C#N)C1. The summed E-state index contributed by atoms with van der Waals surface area (Å²) >= 11 is 6.22. The minimum atomic E-state index is 0.344. The van der Waals surface area contributed by atoms with Crippen LogP contribution in [0.1, 0.15) is 43.0 Å². The second kappa shape index (κ2) is 7.13. The maximum absolute atomic E-state index is 9.48. The van der Waals surface area contributed by atoms with Gasteiger partial charge >= 0.3 is 0 Å². The maximum atomic E-state index is 9.48.